The van der Waals surface area contributed by atoms with Crippen LogP contribution in [-0.2, 0) is 0 Å². The lowest BCUT2D eigenvalue weighted by atomic mass is 10.1. The van der Waals surface area contributed by atoms with Crippen molar-refractivity contribution < 1.29 is 0 Å². The molecule has 1 fully saturated rings. The molecule has 1 heterocycles. The van der Waals surface area contributed by atoms with Crippen molar-refractivity contribution in [2.24, 2.45) is 5.92 Å². The molecule has 1 aromatic heterocycles. The standard InChI is InChI=1S/C11H19N3/c1-8(5-10-3-4-10)14-9(2)11-6-12-13-7-11/h6-10,14H,3-5H2,1-2H3,(H,12,13). The summed E-state index contributed by atoms with van der Waals surface area (Å²) in [5.41, 5.74) is 1.24. The van der Waals surface area contributed by atoms with Crippen molar-refractivity contribution in [3.05, 3.63) is 18.0 Å². The van der Waals surface area contributed by atoms with Crippen LogP contribution in [0.25, 0.3) is 0 Å². The van der Waals surface area contributed by atoms with Crippen LogP contribution in [0.15, 0.2) is 12.4 Å². The van der Waals surface area contributed by atoms with Gasteiger partial charge in [0.15, 0.2) is 0 Å². The van der Waals surface area contributed by atoms with Crippen molar-refractivity contribution >= 4 is 0 Å². The third kappa shape index (κ3) is 2.58. The Morgan fingerprint density at radius 1 is 1.57 bits per heavy atom. The largest absolute Gasteiger partial charge is 0.308 e. The number of aromatic nitrogens is 2. The molecular formula is C11H19N3. The topological polar surface area (TPSA) is 40.7 Å². The Labute approximate surface area is 85.3 Å². The lowest BCUT2D eigenvalue weighted by Gasteiger charge is -2.18. The van der Waals surface area contributed by atoms with Crippen LogP contribution in [0.2, 0.25) is 0 Å². The molecule has 2 unspecified atom stereocenters. The van der Waals surface area contributed by atoms with Crippen LogP contribution in [0.3, 0.4) is 0 Å². The first-order valence-electron chi connectivity index (χ1n) is 5.50. The Kier molecular flexibility index (Phi) is 2.87. The summed E-state index contributed by atoms with van der Waals surface area (Å²) in [4.78, 5) is 0. The maximum atomic E-state index is 3.96. The number of hydrogen-bond acceptors (Lipinski definition) is 2. The van der Waals surface area contributed by atoms with E-state index >= 15 is 0 Å². The highest BCUT2D eigenvalue weighted by molar-refractivity contribution is 5.08. The van der Waals surface area contributed by atoms with Crippen molar-refractivity contribution in [2.45, 2.75) is 45.2 Å². The van der Waals surface area contributed by atoms with Gasteiger partial charge in [-0.15, -0.1) is 0 Å². The summed E-state index contributed by atoms with van der Waals surface area (Å²) >= 11 is 0. The predicted octanol–water partition coefficient (Wildman–Crippen LogP) is 2.25. The fourth-order valence-corrected chi connectivity index (χ4v) is 1.94. The minimum Gasteiger partial charge on any atom is -0.308 e. The van der Waals surface area contributed by atoms with Gasteiger partial charge in [-0.2, -0.15) is 5.10 Å². The Morgan fingerprint density at radius 2 is 2.36 bits per heavy atom. The molecule has 14 heavy (non-hydrogen) atoms. The molecule has 0 aliphatic heterocycles. The maximum absolute atomic E-state index is 3.96. The molecule has 3 heteroatoms. The van der Waals surface area contributed by atoms with E-state index in [0.717, 1.165) is 5.92 Å². The number of aromatic amines is 1. The van der Waals surface area contributed by atoms with E-state index in [1.54, 1.807) is 0 Å². The van der Waals surface area contributed by atoms with Gasteiger partial charge in [-0.1, -0.05) is 12.8 Å². The van der Waals surface area contributed by atoms with E-state index in [9.17, 15) is 0 Å². The van der Waals surface area contributed by atoms with E-state index in [1.165, 1.54) is 24.8 Å². The van der Waals surface area contributed by atoms with Gasteiger partial charge >= 0.3 is 0 Å². The number of nitrogens with one attached hydrogen (secondary N) is 2. The van der Waals surface area contributed by atoms with Crippen molar-refractivity contribution in [3.63, 3.8) is 0 Å². The van der Waals surface area contributed by atoms with E-state index in [-0.39, 0.29) is 0 Å². The normalized spacial score (nSPS) is 20.7. The van der Waals surface area contributed by atoms with Crippen LogP contribution in [0.5, 0.6) is 0 Å². The zero-order valence-electron chi connectivity index (χ0n) is 8.96. The van der Waals surface area contributed by atoms with Gasteiger partial charge in [-0.05, 0) is 26.2 Å². The zero-order valence-corrected chi connectivity index (χ0v) is 8.96. The lowest BCUT2D eigenvalue weighted by molar-refractivity contribution is 0.438. The van der Waals surface area contributed by atoms with Crippen molar-refractivity contribution in [3.8, 4) is 0 Å². The van der Waals surface area contributed by atoms with E-state index in [0.29, 0.717) is 12.1 Å². The average Bonchev–Trinajstić information content (AvgIpc) is 2.80. The molecule has 0 radical (unpaired) electrons. The van der Waals surface area contributed by atoms with E-state index < -0.39 is 0 Å². The van der Waals surface area contributed by atoms with Crippen LogP contribution in [0.1, 0.15) is 44.7 Å². The quantitative estimate of drug-likeness (QED) is 0.753. The second-order valence-electron chi connectivity index (χ2n) is 4.50. The highest BCUT2D eigenvalue weighted by Crippen LogP contribution is 2.33. The number of H-pyrrole nitrogens is 1. The zero-order chi connectivity index (χ0) is 9.97. The summed E-state index contributed by atoms with van der Waals surface area (Å²) in [6, 6.07) is 1.02. The molecule has 0 aromatic carbocycles. The van der Waals surface area contributed by atoms with E-state index in [2.05, 4.69) is 29.4 Å². The average molecular weight is 193 g/mol. The second-order valence-corrected chi connectivity index (χ2v) is 4.50. The predicted molar refractivity (Wildman–Crippen MR) is 56.9 cm³/mol. The number of rotatable bonds is 5. The third-order valence-electron chi connectivity index (χ3n) is 2.94. The molecule has 3 nitrogen and oxygen atoms in total. The summed E-state index contributed by atoms with van der Waals surface area (Å²) in [7, 11) is 0. The fraction of sp³-hybridized carbons (Fsp3) is 0.727. The SMILES string of the molecule is CC(CC1CC1)NC(C)c1cn[nH]c1. The number of nitrogens with zero attached hydrogens (tertiary/aromatic N) is 1. The molecule has 1 aromatic rings. The summed E-state index contributed by atoms with van der Waals surface area (Å²) < 4.78 is 0. The van der Waals surface area contributed by atoms with Crippen LogP contribution in [0, 0.1) is 5.92 Å². The first-order valence-corrected chi connectivity index (χ1v) is 5.50. The van der Waals surface area contributed by atoms with E-state index in [4.69, 9.17) is 0 Å². The molecule has 2 N–H and O–H groups in total. The molecule has 1 saturated carbocycles. The summed E-state index contributed by atoms with van der Waals surface area (Å²) in [6.45, 7) is 4.46. The van der Waals surface area contributed by atoms with Gasteiger partial charge in [0.25, 0.3) is 0 Å². The molecule has 1 aliphatic carbocycles. The van der Waals surface area contributed by atoms with Crippen LogP contribution < -0.4 is 5.32 Å². The Bertz CT molecular complexity index is 264. The molecule has 2 atom stereocenters. The van der Waals surface area contributed by atoms with Gasteiger partial charge in [0, 0.05) is 23.8 Å². The molecule has 0 spiro atoms. The summed E-state index contributed by atoms with van der Waals surface area (Å²) in [6.07, 6.45) is 8.05. The van der Waals surface area contributed by atoms with Gasteiger partial charge in [0.2, 0.25) is 0 Å². The highest BCUT2D eigenvalue weighted by atomic mass is 15.1. The molecule has 2 rings (SSSR count). The molecule has 0 bridgehead atoms. The molecule has 0 saturated heterocycles. The van der Waals surface area contributed by atoms with Crippen molar-refractivity contribution in [1.82, 2.24) is 15.5 Å². The van der Waals surface area contributed by atoms with Crippen LogP contribution in [0.4, 0.5) is 0 Å². The first kappa shape index (κ1) is 9.71. The van der Waals surface area contributed by atoms with Crippen molar-refractivity contribution in [2.75, 3.05) is 0 Å². The maximum Gasteiger partial charge on any atom is 0.0534 e. The van der Waals surface area contributed by atoms with Gasteiger partial charge < -0.3 is 5.32 Å². The smallest absolute Gasteiger partial charge is 0.0534 e. The summed E-state index contributed by atoms with van der Waals surface area (Å²) in [5, 5.41) is 10.4. The Hall–Kier alpha value is -0.830. The van der Waals surface area contributed by atoms with Crippen molar-refractivity contribution in [1.29, 1.82) is 0 Å². The van der Waals surface area contributed by atoms with E-state index in [1.807, 2.05) is 12.4 Å². The minimum atomic E-state index is 0.405. The number of hydrogen-bond donors (Lipinski definition) is 2. The molecular weight excluding hydrogens is 174 g/mol. The van der Waals surface area contributed by atoms with Gasteiger partial charge in [-0.3, -0.25) is 5.10 Å². The van der Waals surface area contributed by atoms with Gasteiger partial charge in [-0.25, -0.2) is 0 Å². The van der Waals surface area contributed by atoms with Gasteiger partial charge in [0.1, 0.15) is 0 Å². The fourth-order valence-electron chi connectivity index (χ4n) is 1.94. The van der Waals surface area contributed by atoms with Gasteiger partial charge in [0.05, 0.1) is 6.20 Å². The molecule has 1 aliphatic rings. The lowest BCUT2D eigenvalue weighted by Crippen LogP contribution is -2.29. The van der Waals surface area contributed by atoms with Crippen LogP contribution >= 0.6 is 0 Å². The second kappa shape index (κ2) is 4.13. The Morgan fingerprint density at radius 3 is 2.93 bits per heavy atom. The third-order valence-corrected chi connectivity index (χ3v) is 2.94. The molecule has 78 valence electrons. The summed E-state index contributed by atoms with van der Waals surface area (Å²) in [5.74, 6) is 0.994. The minimum absolute atomic E-state index is 0.405. The highest BCUT2D eigenvalue weighted by Gasteiger charge is 2.24. The first-order chi connectivity index (χ1) is 6.75. The Balaban J connectivity index is 1.78. The van der Waals surface area contributed by atoms with Crippen LogP contribution in [-0.4, -0.2) is 16.2 Å². The molecule has 0 amide bonds. The monoisotopic (exact) mass is 193 g/mol.